The number of amides is 1. The number of benzene rings is 1. The number of hydrogen-bond acceptors (Lipinski definition) is 4. The van der Waals surface area contributed by atoms with Gasteiger partial charge in [0.15, 0.2) is 0 Å². The second kappa shape index (κ2) is 8.69. The van der Waals surface area contributed by atoms with Crippen LogP contribution in [0, 0.1) is 5.92 Å². The van der Waals surface area contributed by atoms with Gasteiger partial charge in [0.2, 0.25) is 5.91 Å². The molecule has 1 aliphatic heterocycles. The van der Waals surface area contributed by atoms with Crippen LogP contribution in [0.5, 0.6) is 0 Å². The summed E-state index contributed by atoms with van der Waals surface area (Å²) in [6, 6.07) is 9.64. The average Bonchev–Trinajstić information content (AvgIpc) is 3.10. The minimum absolute atomic E-state index is 0.0669. The van der Waals surface area contributed by atoms with E-state index < -0.39 is 0 Å². The fraction of sp³-hybridized carbons (Fsp3) is 0.500. The highest BCUT2D eigenvalue weighted by atomic mass is 35.5. The first-order chi connectivity index (χ1) is 12.5. The van der Waals surface area contributed by atoms with E-state index in [-0.39, 0.29) is 11.8 Å². The standard InChI is InChI=1S/C20H26ClN3O2/c1-14(2)19-11-17(23-26-19)13-24-9-7-15(8-10-24)20(25)22-12-16-5-3-4-6-18(16)21/h3-6,11,14-15H,7-10,12-13H2,1-2H3,(H,22,25). The molecule has 140 valence electrons. The molecule has 0 spiro atoms. The van der Waals surface area contributed by atoms with Gasteiger partial charge < -0.3 is 9.84 Å². The van der Waals surface area contributed by atoms with E-state index in [1.165, 1.54) is 0 Å². The fourth-order valence-corrected chi connectivity index (χ4v) is 3.43. The number of nitrogens with zero attached hydrogens (tertiary/aromatic N) is 2. The van der Waals surface area contributed by atoms with E-state index in [1.807, 2.05) is 30.3 Å². The molecule has 26 heavy (non-hydrogen) atoms. The largest absolute Gasteiger partial charge is 0.361 e. The van der Waals surface area contributed by atoms with Gasteiger partial charge in [-0.05, 0) is 37.6 Å². The van der Waals surface area contributed by atoms with Gasteiger partial charge in [-0.15, -0.1) is 0 Å². The highest BCUT2D eigenvalue weighted by Crippen LogP contribution is 2.21. The van der Waals surface area contributed by atoms with E-state index in [0.29, 0.717) is 17.5 Å². The third-order valence-electron chi connectivity index (χ3n) is 4.90. The first-order valence-electron chi connectivity index (χ1n) is 9.22. The fourth-order valence-electron chi connectivity index (χ4n) is 3.23. The summed E-state index contributed by atoms with van der Waals surface area (Å²) in [5, 5.41) is 7.86. The van der Waals surface area contributed by atoms with E-state index in [9.17, 15) is 4.79 Å². The molecule has 1 aromatic heterocycles. The zero-order valence-electron chi connectivity index (χ0n) is 15.4. The molecule has 0 aliphatic carbocycles. The Hall–Kier alpha value is -1.85. The topological polar surface area (TPSA) is 58.4 Å². The molecule has 2 aromatic rings. The van der Waals surface area contributed by atoms with Crippen LogP contribution in [0.2, 0.25) is 5.02 Å². The van der Waals surface area contributed by atoms with Crippen LogP contribution in [0.4, 0.5) is 0 Å². The molecule has 1 aromatic carbocycles. The summed E-state index contributed by atoms with van der Waals surface area (Å²) in [6.07, 6.45) is 1.73. The number of carbonyl (C=O) groups is 1. The van der Waals surface area contributed by atoms with Crippen LogP contribution in [0.15, 0.2) is 34.9 Å². The molecule has 0 saturated carbocycles. The molecule has 0 unspecified atom stereocenters. The van der Waals surface area contributed by atoms with Crippen molar-refractivity contribution in [2.45, 2.75) is 45.7 Å². The smallest absolute Gasteiger partial charge is 0.223 e. The minimum Gasteiger partial charge on any atom is -0.361 e. The van der Waals surface area contributed by atoms with Gasteiger partial charge in [-0.3, -0.25) is 9.69 Å². The summed E-state index contributed by atoms with van der Waals surface area (Å²) in [6.45, 7) is 7.25. The molecule has 0 bridgehead atoms. The molecule has 1 N–H and O–H groups in total. The van der Waals surface area contributed by atoms with Crippen LogP contribution in [0.25, 0.3) is 0 Å². The predicted octanol–water partition coefficient (Wildman–Crippen LogP) is 3.98. The summed E-state index contributed by atoms with van der Waals surface area (Å²) in [7, 11) is 0. The molecule has 1 saturated heterocycles. The lowest BCUT2D eigenvalue weighted by Gasteiger charge is -2.30. The highest BCUT2D eigenvalue weighted by molar-refractivity contribution is 6.31. The van der Waals surface area contributed by atoms with Crippen LogP contribution in [0.1, 0.15) is 49.6 Å². The van der Waals surface area contributed by atoms with Crippen molar-refractivity contribution in [3.8, 4) is 0 Å². The van der Waals surface area contributed by atoms with Gasteiger partial charge in [0.1, 0.15) is 5.76 Å². The molecule has 1 amide bonds. The number of piperidine rings is 1. The van der Waals surface area contributed by atoms with Crippen molar-refractivity contribution in [2.75, 3.05) is 13.1 Å². The summed E-state index contributed by atoms with van der Waals surface area (Å²) in [5.41, 5.74) is 1.92. The number of carbonyl (C=O) groups excluding carboxylic acids is 1. The average molecular weight is 376 g/mol. The van der Waals surface area contributed by atoms with Crippen LogP contribution in [0.3, 0.4) is 0 Å². The predicted molar refractivity (Wildman–Crippen MR) is 102 cm³/mol. The number of nitrogens with one attached hydrogen (secondary N) is 1. The Bertz CT molecular complexity index is 736. The van der Waals surface area contributed by atoms with E-state index >= 15 is 0 Å². The van der Waals surface area contributed by atoms with Crippen molar-refractivity contribution < 1.29 is 9.32 Å². The summed E-state index contributed by atoms with van der Waals surface area (Å²) < 4.78 is 5.36. The van der Waals surface area contributed by atoms with Crippen molar-refractivity contribution in [3.63, 3.8) is 0 Å². The lowest BCUT2D eigenvalue weighted by Crippen LogP contribution is -2.40. The molecular formula is C20H26ClN3O2. The maximum atomic E-state index is 12.4. The Morgan fingerprint density at radius 2 is 2.08 bits per heavy atom. The maximum absolute atomic E-state index is 12.4. The second-order valence-corrected chi connectivity index (χ2v) is 7.64. The molecule has 0 radical (unpaired) electrons. The zero-order valence-corrected chi connectivity index (χ0v) is 16.1. The number of likely N-dealkylation sites (tertiary alicyclic amines) is 1. The number of halogens is 1. The Balaban J connectivity index is 1.44. The molecule has 1 fully saturated rings. The number of hydrogen-bond donors (Lipinski definition) is 1. The van der Waals surface area contributed by atoms with Gasteiger partial charge in [-0.2, -0.15) is 0 Å². The molecule has 6 heteroatoms. The molecule has 5 nitrogen and oxygen atoms in total. The molecule has 3 rings (SSSR count). The zero-order chi connectivity index (χ0) is 18.5. The summed E-state index contributed by atoms with van der Waals surface area (Å²) in [4.78, 5) is 14.8. The van der Waals surface area contributed by atoms with E-state index in [0.717, 1.165) is 49.5 Å². The minimum atomic E-state index is 0.0669. The molecular weight excluding hydrogens is 350 g/mol. The summed E-state index contributed by atoms with van der Waals surface area (Å²) in [5.74, 6) is 1.46. The second-order valence-electron chi connectivity index (χ2n) is 7.23. The monoisotopic (exact) mass is 375 g/mol. The lowest BCUT2D eigenvalue weighted by molar-refractivity contribution is -0.126. The van der Waals surface area contributed by atoms with Gasteiger partial charge in [0.25, 0.3) is 0 Å². The third-order valence-corrected chi connectivity index (χ3v) is 5.27. The van der Waals surface area contributed by atoms with Gasteiger partial charge in [-0.25, -0.2) is 0 Å². The van der Waals surface area contributed by atoms with Crippen LogP contribution >= 0.6 is 11.6 Å². The highest BCUT2D eigenvalue weighted by Gasteiger charge is 2.25. The van der Waals surface area contributed by atoms with Gasteiger partial charge in [0.05, 0.1) is 5.69 Å². The van der Waals surface area contributed by atoms with Gasteiger partial charge >= 0.3 is 0 Å². The molecule has 2 heterocycles. The Morgan fingerprint density at radius 1 is 1.35 bits per heavy atom. The third kappa shape index (κ3) is 4.86. The maximum Gasteiger partial charge on any atom is 0.223 e. The number of aromatic nitrogens is 1. The van der Waals surface area contributed by atoms with Crippen LogP contribution in [-0.4, -0.2) is 29.1 Å². The molecule has 0 atom stereocenters. The normalized spacial score (nSPS) is 16.2. The lowest BCUT2D eigenvalue weighted by atomic mass is 9.95. The Morgan fingerprint density at radius 3 is 2.73 bits per heavy atom. The van der Waals surface area contributed by atoms with Crippen LogP contribution in [-0.2, 0) is 17.9 Å². The van der Waals surface area contributed by atoms with E-state index in [4.69, 9.17) is 16.1 Å². The van der Waals surface area contributed by atoms with Crippen molar-refractivity contribution in [2.24, 2.45) is 5.92 Å². The van der Waals surface area contributed by atoms with Gasteiger partial charge in [-0.1, -0.05) is 48.8 Å². The van der Waals surface area contributed by atoms with Crippen molar-refractivity contribution in [1.82, 2.24) is 15.4 Å². The summed E-state index contributed by atoms with van der Waals surface area (Å²) >= 11 is 6.14. The van der Waals surface area contributed by atoms with Crippen molar-refractivity contribution in [3.05, 3.63) is 52.4 Å². The first-order valence-corrected chi connectivity index (χ1v) is 9.59. The van der Waals surface area contributed by atoms with Gasteiger partial charge in [0, 0.05) is 36.0 Å². The van der Waals surface area contributed by atoms with Crippen molar-refractivity contribution >= 4 is 17.5 Å². The van der Waals surface area contributed by atoms with E-state index in [1.54, 1.807) is 0 Å². The first kappa shape index (κ1) is 18.9. The SMILES string of the molecule is CC(C)c1cc(CN2CCC(C(=O)NCc3ccccc3Cl)CC2)no1. The Kier molecular flexibility index (Phi) is 6.33. The Labute approximate surface area is 159 Å². The quantitative estimate of drug-likeness (QED) is 0.829. The molecule has 1 aliphatic rings. The van der Waals surface area contributed by atoms with Crippen LogP contribution < -0.4 is 5.32 Å². The van der Waals surface area contributed by atoms with Crippen molar-refractivity contribution in [1.29, 1.82) is 0 Å². The number of rotatable bonds is 6. The van der Waals surface area contributed by atoms with E-state index in [2.05, 4.69) is 29.2 Å².